The van der Waals surface area contributed by atoms with E-state index in [0.717, 1.165) is 24.2 Å². The fourth-order valence-corrected chi connectivity index (χ4v) is 2.22. The lowest BCUT2D eigenvalue weighted by atomic mass is 10.2. The number of hydrogen-bond acceptors (Lipinski definition) is 4. The zero-order valence-electron chi connectivity index (χ0n) is 15.0. The Morgan fingerprint density at radius 2 is 1.92 bits per heavy atom. The molecule has 6 heteroatoms. The van der Waals surface area contributed by atoms with Crippen molar-refractivity contribution in [2.24, 2.45) is 5.10 Å². The summed E-state index contributed by atoms with van der Waals surface area (Å²) in [6.07, 6.45) is 3.88. The quantitative estimate of drug-likeness (QED) is 0.562. The smallest absolute Gasteiger partial charge is 0.271 e. The van der Waals surface area contributed by atoms with Gasteiger partial charge in [-0.25, -0.2) is 5.43 Å². The van der Waals surface area contributed by atoms with E-state index in [9.17, 15) is 9.59 Å². The zero-order chi connectivity index (χ0) is 18.8. The van der Waals surface area contributed by atoms with Gasteiger partial charge in [0.25, 0.3) is 5.91 Å². The third-order valence-electron chi connectivity index (χ3n) is 3.66. The van der Waals surface area contributed by atoms with Crippen molar-refractivity contribution in [3.05, 3.63) is 59.7 Å². The Balaban J connectivity index is 1.89. The zero-order valence-corrected chi connectivity index (χ0v) is 15.0. The Labute approximate surface area is 153 Å². The minimum atomic E-state index is -0.326. The number of benzene rings is 2. The molecule has 0 saturated heterocycles. The van der Waals surface area contributed by atoms with Crippen LogP contribution in [0.5, 0.6) is 5.75 Å². The summed E-state index contributed by atoms with van der Waals surface area (Å²) in [7, 11) is 1.59. The van der Waals surface area contributed by atoms with Gasteiger partial charge in [-0.15, -0.1) is 0 Å². The molecule has 0 heterocycles. The predicted molar refractivity (Wildman–Crippen MR) is 103 cm³/mol. The second-order valence-corrected chi connectivity index (χ2v) is 5.70. The second kappa shape index (κ2) is 9.98. The van der Waals surface area contributed by atoms with Crippen LogP contribution < -0.4 is 15.5 Å². The van der Waals surface area contributed by atoms with Crippen molar-refractivity contribution in [2.45, 2.75) is 26.2 Å². The number of nitrogens with one attached hydrogen (secondary N) is 2. The number of rotatable bonds is 8. The van der Waals surface area contributed by atoms with Crippen molar-refractivity contribution in [3.8, 4) is 5.75 Å². The molecule has 0 fully saturated rings. The first-order chi connectivity index (χ1) is 12.6. The molecule has 0 aromatic heterocycles. The van der Waals surface area contributed by atoms with Gasteiger partial charge in [-0.05, 0) is 48.4 Å². The summed E-state index contributed by atoms with van der Waals surface area (Å²) in [5.74, 6) is 0.372. The molecule has 0 unspecified atom stereocenters. The van der Waals surface area contributed by atoms with E-state index < -0.39 is 0 Å². The highest BCUT2D eigenvalue weighted by molar-refractivity contribution is 5.96. The highest BCUT2D eigenvalue weighted by Gasteiger charge is 2.06. The van der Waals surface area contributed by atoms with E-state index in [1.54, 1.807) is 37.6 Å². The SMILES string of the molecule is CCCCC(=O)Nc1ccc(C(=O)N/N=C/c2cccc(OC)c2)cc1. The standard InChI is InChI=1S/C20H23N3O3/c1-3-4-8-19(24)22-17-11-9-16(10-12-17)20(25)23-21-14-15-6-5-7-18(13-15)26-2/h5-7,9-14H,3-4,8H2,1-2H3,(H,22,24)(H,23,25)/b21-14+. The number of ether oxygens (including phenoxy) is 1. The first kappa shape index (κ1) is 19.2. The Hall–Kier alpha value is -3.15. The van der Waals surface area contributed by atoms with Crippen LogP contribution in [0.3, 0.4) is 0 Å². The summed E-state index contributed by atoms with van der Waals surface area (Å²) >= 11 is 0. The molecule has 0 atom stereocenters. The molecule has 0 aliphatic heterocycles. The van der Waals surface area contributed by atoms with Crippen molar-refractivity contribution < 1.29 is 14.3 Å². The van der Waals surface area contributed by atoms with Gasteiger partial charge in [-0.3, -0.25) is 9.59 Å². The monoisotopic (exact) mass is 353 g/mol. The molecule has 0 bridgehead atoms. The summed E-state index contributed by atoms with van der Waals surface area (Å²) in [6.45, 7) is 2.04. The largest absolute Gasteiger partial charge is 0.497 e. The van der Waals surface area contributed by atoms with E-state index in [1.807, 2.05) is 31.2 Å². The van der Waals surface area contributed by atoms with Crippen LogP contribution in [0.2, 0.25) is 0 Å². The average molecular weight is 353 g/mol. The van der Waals surface area contributed by atoms with Crippen LogP contribution in [0.15, 0.2) is 53.6 Å². The van der Waals surface area contributed by atoms with Gasteiger partial charge in [0.15, 0.2) is 0 Å². The van der Waals surface area contributed by atoms with Crippen molar-refractivity contribution in [2.75, 3.05) is 12.4 Å². The lowest BCUT2D eigenvalue weighted by Crippen LogP contribution is -2.17. The van der Waals surface area contributed by atoms with E-state index in [1.165, 1.54) is 0 Å². The maximum absolute atomic E-state index is 12.1. The number of hydrogen-bond donors (Lipinski definition) is 2. The lowest BCUT2D eigenvalue weighted by Gasteiger charge is -2.06. The number of hydrazone groups is 1. The van der Waals surface area contributed by atoms with E-state index in [0.29, 0.717) is 17.7 Å². The molecule has 2 aromatic carbocycles. The maximum Gasteiger partial charge on any atom is 0.271 e. The molecule has 0 aliphatic rings. The summed E-state index contributed by atoms with van der Waals surface area (Å²) in [5, 5.41) is 6.75. The average Bonchev–Trinajstić information content (AvgIpc) is 2.67. The minimum absolute atomic E-state index is 0.0214. The van der Waals surface area contributed by atoms with Crippen LogP contribution >= 0.6 is 0 Å². The number of unbranched alkanes of at least 4 members (excludes halogenated alkanes) is 1. The first-order valence-electron chi connectivity index (χ1n) is 8.49. The normalized spacial score (nSPS) is 10.5. The molecule has 0 saturated carbocycles. The molecule has 6 nitrogen and oxygen atoms in total. The fraction of sp³-hybridized carbons (Fsp3) is 0.250. The van der Waals surface area contributed by atoms with Crippen LogP contribution in [-0.2, 0) is 4.79 Å². The maximum atomic E-state index is 12.1. The molecule has 0 radical (unpaired) electrons. The topological polar surface area (TPSA) is 79.8 Å². The molecule has 0 aliphatic carbocycles. The van der Waals surface area contributed by atoms with Gasteiger partial charge in [0.05, 0.1) is 13.3 Å². The predicted octanol–water partition coefficient (Wildman–Crippen LogP) is 3.59. The number of nitrogens with zero attached hydrogens (tertiary/aromatic N) is 1. The molecule has 2 N–H and O–H groups in total. The van der Waals surface area contributed by atoms with Crippen molar-refractivity contribution in [1.29, 1.82) is 0 Å². The third kappa shape index (κ3) is 6.05. The van der Waals surface area contributed by atoms with E-state index in [2.05, 4.69) is 15.8 Å². The summed E-state index contributed by atoms with van der Waals surface area (Å²) in [5.41, 5.74) is 4.42. The fourth-order valence-electron chi connectivity index (χ4n) is 2.22. The van der Waals surface area contributed by atoms with Crippen LogP contribution in [0.1, 0.15) is 42.1 Å². The number of anilines is 1. The van der Waals surface area contributed by atoms with Gasteiger partial charge < -0.3 is 10.1 Å². The molecule has 2 rings (SSSR count). The van der Waals surface area contributed by atoms with Gasteiger partial charge in [0.2, 0.25) is 5.91 Å². The Morgan fingerprint density at radius 1 is 1.15 bits per heavy atom. The van der Waals surface area contributed by atoms with Crippen LogP contribution in [0.25, 0.3) is 0 Å². The van der Waals surface area contributed by atoms with Crippen molar-refractivity contribution in [1.82, 2.24) is 5.43 Å². The number of amides is 2. The molecular weight excluding hydrogens is 330 g/mol. The van der Waals surface area contributed by atoms with Gasteiger partial charge in [0, 0.05) is 17.7 Å². The molecule has 2 amide bonds. The Bertz CT molecular complexity index is 770. The summed E-state index contributed by atoms with van der Waals surface area (Å²) in [4.78, 5) is 23.8. The second-order valence-electron chi connectivity index (χ2n) is 5.70. The minimum Gasteiger partial charge on any atom is -0.497 e. The highest BCUT2D eigenvalue weighted by atomic mass is 16.5. The Kier molecular flexibility index (Phi) is 7.36. The highest BCUT2D eigenvalue weighted by Crippen LogP contribution is 2.12. The summed E-state index contributed by atoms with van der Waals surface area (Å²) < 4.78 is 5.13. The molecule has 2 aromatic rings. The number of carbonyl (C=O) groups is 2. The van der Waals surface area contributed by atoms with Gasteiger partial charge >= 0.3 is 0 Å². The van der Waals surface area contributed by atoms with E-state index >= 15 is 0 Å². The van der Waals surface area contributed by atoms with Crippen molar-refractivity contribution in [3.63, 3.8) is 0 Å². The van der Waals surface area contributed by atoms with Gasteiger partial charge in [0.1, 0.15) is 5.75 Å². The van der Waals surface area contributed by atoms with Crippen LogP contribution in [-0.4, -0.2) is 25.1 Å². The van der Waals surface area contributed by atoms with E-state index in [4.69, 9.17) is 4.74 Å². The molecule has 0 spiro atoms. The van der Waals surface area contributed by atoms with Crippen LogP contribution in [0.4, 0.5) is 5.69 Å². The van der Waals surface area contributed by atoms with Gasteiger partial charge in [-0.1, -0.05) is 25.5 Å². The molecule has 26 heavy (non-hydrogen) atoms. The lowest BCUT2D eigenvalue weighted by molar-refractivity contribution is -0.116. The van der Waals surface area contributed by atoms with E-state index in [-0.39, 0.29) is 11.8 Å². The summed E-state index contributed by atoms with van der Waals surface area (Å²) in [6, 6.07) is 14.0. The van der Waals surface area contributed by atoms with Crippen LogP contribution in [0, 0.1) is 0 Å². The Morgan fingerprint density at radius 3 is 2.62 bits per heavy atom. The molecular formula is C20H23N3O3. The third-order valence-corrected chi connectivity index (χ3v) is 3.66. The van der Waals surface area contributed by atoms with Gasteiger partial charge in [-0.2, -0.15) is 5.10 Å². The molecule has 136 valence electrons. The number of methoxy groups -OCH3 is 1. The number of carbonyl (C=O) groups excluding carboxylic acids is 2. The first-order valence-corrected chi connectivity index (χ1v) is 8.49. The van der Waals surface area contributed by atoms with Crippen molar-refractivity contribution >= 4 is 23.7 Å².